The van der Waals surface area contributed by atoms with E-state index in [1.54, 1.807) is 39.0 Å². The van der Waals surface area contributed by atoms with Crippen molar-refractivity contribution in [2.24, 2.45) is 5.73 Å². The van der Waals surface area contributed by atoms with Gasteiger partial charge in [0.25, 0.3) is 0 Å². The number of aliphatic hydroxyl groups is 1. The Balaban J connectivity index is 2.92. The molecule has 0 bridgehead atoms. The van der Waals surface area contributed by atoms with E-state index in [4.69, 9.17) is 10.5 Å². The number of anilines is 1. The molecule has 6 heteroatoms. The van der Waals surface area contributed by atoms with E-state index in [0.717, 1.165) is 4.47 Å². The van der Waals surface area contributed by atoms with Crippen LogP contribution >= 0.6 is 15.9 Å². The van der Waals surface area contributed by atoms with Crippen LogP contribution in [0.1, 0.15) is 38.9 Å². The van der Waals surface area contributed by atoms with E-state index in [0.29, 0.717) is 24.2 Å². The lowest BCUT2D eigenvalue weighted by molar-refractivity contribution is 0.0635. The summed E-state index contributed by atoms with van der Waals surface area (Å²) in [6, 6.07) is 5.27. The lowest BCUT2D eigenvalue weighted by Gasteiger charge is -2.21. The molecule has 112 valence electrons. The lowest BCUT2D eigenvalue weighted by Crippen LogP contribution is -2.27. The topological polar surface area (TPSA) is 84.6 Å². The Morgan fingerprint density at radius 2 is 2.15 bits per heavy atom. The Morgan fingerprint density at radius 3 is 2.70 bits per heavy atom. The van der Waals surface area contributed by atoms with E-state index in [-0.39, 0.29) is 0 Å². The minimum atomic E-state index is -0.724. The Bertz CT molecular complexity index is 472. The second-order valence-electron chi connectivity index (χ2n) is 5.45. The van der Waals surface area contributed by atoms with Crippen LogP contribution in [0.4, 0.5) is 10.5 Å². The fraction of sp³-hybridized carbons (Fsp3) is 0.500. The molecule has 0 aliphatic heterocycles. The number of ether oxygens (including phenoxy) is 1. The van der Waals surface area contributed by atoms with Gasteiger partial charge in [-0.15, -0.1) is 0 Å². The van der Waals surface area contributed by atoms with Crippen molar-refractivity contribution in [3.63, 3.8) is 0 Å². The quantitative estimate of drug-likeness (QED) is 0.783. The third-order valence-electron chi connectivity index (χ3n) is 2.45. The van der Waals surface area contributed by atoms with Crippen LogP contribution in [0.2, 0.25) is 0 Å². The predicted octanol–water partition coefficient (Wildman–Crippen LogP) is 3.18. The molecule has 0 fully saturated rings. The second-order valence-corrected chi connectivity index (χ2v) is 6.37. The van der Waals surface area contributed by atoms with Crippen LogP contribution in [0.3, 0.4) is 0 Å². The number of nitrogens with two attached hydrogens (primary N) is 1. The molecule has 0 aliphatic carbocycles. The molecule has 1 atom stereocenters. The van der Waals surface area contributed by atoms with Crippen LogP contribution in [0, 0.1) is 0 Å². The summed E-state index contributed by atoms with van der Waals surface area (Å²) >= 11 is 3.34. The summed E-state index contributed by atoms with van der Waals surface area (Å²) in [6.07, 6.45) is -0.861. The standard InChI is InChI=1S/C14H21BrN2O3/c1-14(2,3)20-13(19)17-11-8-9(15)4-5-10(11)12(18)6-7-16/h4-5,8,12,18H,6-7,16H2,1-3H3,(H,17,19)/t12-/m0/s1. The number of aliphatic hydroxyl groups excluding tert-OH is 1. The van der Waals surface area contributed by atoms with E-state index in [9.17, 15) is 9.90 Å². The first-order valence-electron chi connectivity index (χ1n) is 6.40. The van der Waals surface area contributed by atoms with Crippen molar-refractivity contribution in [3.8, 4) is 0 Å². The van der Waals surface area contributed by atoms with E-state index in [1.165, 1.54) is 0 Å². The van der Waals surface area contributed by atoms with Crippen LogP contribution in [-0.2, 0) is 4.74 Å². The maximum Gasteiger partial charge on any atom is 0.412 e. The summed E-state index contributed by atoms with van der Waals surface area (Å²) in [5.74, 6) is 0. The average Bonchev–Trinajstić information content (AvgIpc) is 2.26. The molecule has 0 spiro atoms. The molecule has 0 aliphatic rings. The van der Waals surface area contributed by atoms with Crippen LogP contribution in [0.5, 0.6) is 0 Å². The molecule has 0 unspecified atom stereocenters. The summed E-state index contributed by atoms with van der Waals surface area (Å²) < 4.78 is 6.00. The van der Waals surface area contributed by atoms with E-state index in [1.807, 2.05) is 0 Å². The van der Waals surface area contributed by atoms with Gasteiger partial charge in [-0.3, -0.25) is 5.32 Å². The Morgan fingerprint density at radius 1 is 1.50 bits per heavy atom. The average molecular weight is 345 g/mol. The molecular weight excluding hydrogens is 324 g/mol. The number of benzene rings is 1. The Labute approximate surface area is 127 Å². The molecule has 20 heavy (non-hydrogen) atoms. The van der Waals surface area contributed by atoms with E-state index >= 15 is 0 Å². The number of nitrogens with one attached hydrogen (secondary N) is 1. The highest BCUT2D eigenvalue weighted by Crippen LogP contribution is 2.28. The van der Waals surface area contributed by atoms with Crippen molar-refractivity contribution >= 4 is 27.7 Å². The monoisotopic (exact) mass is 344 g/mol. The van der Waals surface area contributed by atoms with Gasteiger partial charge in [0.2, 0.25) is 0 Å². The molecule has 0 radical (unpaired) electrons. The Hall–Kier alpha value is -1.11. The van der Waals surface area contributed by atoms with Crippen molar-refractivity contribution in [1.29, 1.82) is 0 Å². The second kappa shape index (κ2) is 7.06. The van der Waals surface area contributed by atoms with Crippen molar-refractivity contribution < 1.29 is 14.6 Å². The summed E-state index contributed by atoms with van der Waals surface area (Å²) in [4.78, 5) is 11.8. The number of carbonyl (C=O) groups excluding carboxylic acids is 1. The van der Waals surface area contributed by atoms with Crippen molar-refractivity contribution in [2.45, 2.75) is 38.9 Å². The van der Waals surface area contributed by atoms with Gasteiger partial charge >= 0.3 is 6.09 Å². The number of rotatable bonds is 4. The fourth-order valence-corrected chi connectivity index (χ4v) is 2.02. The Kier molecular flexibility index (Phi) is 5.98. The minimum absolute atomic E-state index is 0.364. The van der Waals surface area contributed by atoms with Gasteiger partial charge in [-0.2, -0.15) is 0 Å². The van der Waals surface area contributed by atoms with Gasteiger partial charge in [-0.25, -0.2) is 4.79 Å². The molecule has 0 aromatic heterocycles. The number of carbonyl (C=O) groups is 1. The van der Waals surface area contributed by atoms with Crippen LogP contribution < -0.4 is 11.1 Å². The smallest absolute Gasteiger partial charge is 0.412 e. The number of hydrogen-bond acceptors (Lipinski definition) is 4. The van der Waals surface area contributed by atoms with Gasteiger partial charge in [-0.05, 0) is 45.9 Å². The largest absolute Gasteiger partial charge is 0.444 e. The number of amides is 1. The highest BCUT2D eigenvalue weighted by molar-refractivity contribution is 9.10. The van der Waals surface area contributed by atoms with Crippen LogP contribution in [0.25, 0.3) is 0 Å². The minimum Gasteiger partial charge on any atom is -0.444 e. The number of halogens is 1. The summed E-state index contributed by atoms with van der Waals surface area (Å²) in [5, 5.41) is 12.7. The summed E-state index contributed by atoms with van der Waals surface area (Å²) in [6.45, 7) is 5.73. The van der Waals surface area contributed by atoms with Gasteiger partial charge in [0, 0.05) is 10.0 Å². The molecule has 1 amide bonds. The zero-order chi connectivity index (χ0) is 15.3. The molecule has 5 nitrogen and oxygen atoms in total. The van der Waals surface area contributed by atoms with Crippen molar-refractivity contribution in [2.75, 3.05) is 11.9 Å². The fourth-order valence-electron chi connectivity index (χ4n) is 1.65. The van der Waals surface area contributed by atoms with Gasteiger partial charge in [0.1, 0.15) is 5.60 Å². The zero-order valence-corrected chi connectivity index (χ0v) is 13.5. The van der Waals surface area contributed by atoms with E-state index < -0.39 is 17.8 Å². The third kappa shape index (κ3) is 5.48. The van der Waals surface area contributed by atoms with Crippen LogP contribution in [-0.4, -0.2) is 23.3 Å². The molecule has 1 aromatic carbocycles. The lowest BCUT2D eigenvalue weighted by atomic mass is 10.0. The van der Waals surface area contributed by atoms with E-state index in [2.05, 4.69) is 21.2 Å². The molecule has 0 saturated heterocycles. The SMILES string of the molecule is CC(C)(C)OC(=O)Nc1cc(Br)ccc1[C@@H](O)CCN. The van der Waals surface area contributed by atoms with Crippen molar-refractivity contribution in [1.82, 2.24) is 0 Å². The first-order chi connectivity index (χ1) is 9.23. The normalized spacial score (nSPS) is 12.9. The maximum absolute atomic E-state index is 11.8. The van der Waals surface area contributed by atoms with Gasteiger partial charge in [0.05, 0.1) is 11.8 Å². The molecule has 0 heterocycles. The predicted molar refractivity (Wildman–Crippen MR) is 82.6 cm³/mol. The molecule has 4 N–H and O–H groups in total. The molecular formula is C14H21BrN2O3. The first-order valence-corrected chi connectivity index (χ1v) is 7.20. The molecule has 1 rings (SSSR count). The van der Waals surface area contributed by atoms with Crippen LogP contribution in [0.15, 0.2) is 22.7 Å². The van der Waals surface area contributed by atoms with Gasteiger partial charge in [0.15, 0.2) is 0 Å². The highest BCUT2D eigenvalue weighted by atomic mass is 79.9. The van der Waals surface area contributed by atoms with Gasteiger partial charge in [-0.1, -0.05) is 22.0 Å². The third-order valence-corrected chi connectivity index (χ3v) is 2.94. The molecule has 0 saturated carbocycles. The number of hydrogen-bond donors (Lipinski definition) is 3. The van der Waals surface area contributed by atoms with Crippen molar-refractivity contribution in [3.05, 3.63) is 28.2 Å². The summed E-state index contributed by atoms with van der Waals surface area (Å²) in [5.41, 5.74) is 6.00. The first kappa shape index (κ1) is 16.9. The summed E-state index contributed by atoms with van der Waals surface area (Å²) in [7, 11) is 0. The maximum atomic E-state index is 11.8. The van der Waals surface area contributed by atoms with Gasteiger partial charge < -0.3 is 15.6 Å². The molecule has 1 aromatic rings. The highest BCUT2D eigenvalue weighted by Gasteiger charge is 2.19. The zero-order valence-electron chi connectivity index (χ0n) is 11.9.